The molecule has 110 valence electrons. The zero-order chi connectivity index (χ0) is 14.2. The molecule has 0 radical (unpaired) electrons. The molecule has 1 heterocycles. The molecular weight excluding hydrogens is 273 g/mol. The predicted octanol–water partition coefficient (Wildman–Crippen LogP) is 2.99. The monoisotopic (exact) mass is 295 g/mol. The standard InChI is InChI=1S/C15H22FN3S/c16-13-7-2-3-8-14(13)18-15(20)17-9-6-12-19-10-4-1-5-11-19/h2-3,7-8H,1,4-6,9-12H2,(H2,17,18,20). The van der Waals surface area contributed by atoms with Crippen LogP contribution >= 0.6 is 12.2 Å². The lowest BCUT2D eigenvalue weighted by atomic mass is 10.1. The highest BCUT2D eigenvalue weighted by Gasteiger charge is 2.09. The van der Waals surface area contributed by atoms with Crippen molar-refractivity contribution in [3.63, 3.8) is 0 Å². The fraction of sp³-hybridized carbons (Fsp3) is 0.533. The van der Waals surface area contributed by atoms with Gasteiger partial charge in [-0.3, -0.25) is 0 Å². The van der Waals surface area contributed by atoms with Crippen LogP contribution in [0, 0.1) is 5.82 Å². The number of anilines is 1. The number of thiocarbonyl (C=S) groups is 1. The van der Waals surface area contributed by atoms with Crippen molar-refractivity contribution < 1.29 is 4.39 Å². The van der Waals surface area contributed by atoms with Crippen LogP contribution in [0.1, 0.15) is 25.7 Å². The molecule has 0 amide bonds. The Labute approximate surface area is 125 Å². The van der Waals surface area contributed by atoms with Crippen LogP contribution in [0.2, 0.25) is 0 Å². The quantitative estimate of drug-likeness (QED) is 0.645. The highest BCUT2D eigenvalue weighted by atomic mass is 32.1. The van der Waals surface area contributed by atoms with E-state index in [-0.39, 0.29) is 5.82 Å². The van der Waals surface area contributed by atoms with Crippen LogP contribution in [0.5, 0.6) is 0 Å². The Kier molecular flexibility index (Phi) is 6.21. The molecule has 1 aromatic rings. The minimum Gasteiger partial charge on any atom is -0.362 e. The summed E-state index contributed by atoms with van der Waals surface area (Å²) in [5.41, 5.74) is 0.418. The van der Waals surface area contributed by atoms with E-state index in [0.29, 0.717) is 10.8 Å². The summed E-state index contributed by atoms with van der Waals surface area (Å²) in [6, 6.07) is 6.54. The molecule has 5 heteroatoms. The molecule has 1 fully saturated rings. The van der Waals surface area contributed by atoms with Crippen LogP contribution in [0.25, 0.3) is 0 Å². The van der Waals surface area contributed by atoms with Gasteiger partial charge in [0, 0.05) is 6.54 Å². The summed E-state index contributed by atoms with van der Waals surface area (Å²) in [7, 11) is 0. The van der Waals surface area contributed by atoms with E-state index in [9.17, 15) is 4.39 Å². The van der Waals surface area contributed by atoms with Gasteiger partial charge in [0.1, 0.15) is 5.82 Å². The van der Waals surface area contributed by atoms with Crippen LogP contribution in [0.4, 0.5) is 10.1 Å². The number of hydrogen-bond donors (Lipinski definition) is 2. The summed E-state index contributed by atoms with van der Waals surface area (Å²) >= 11 is 5.16. The Morgan fingerprint density at radius 1 is 1.20 bits per heavy atom. The SMILES string of the molecule is Fc1ccccc1NC(=S)NCCCN1CCCCC1. The van der Waals surface area contributed by atoms with Crippen molar-refractivity contribution >= 4 is 23.0 Å². The first kappa shape index (κ1) is 15.2. The number of benzene rings is 1. The number of para-hydroxylation sites is 1. The van der Waals surface area contributed by atoms with Gasteiger partial charge in [-0.1, -0.05) is 18.6 Å². The van der Waals surface area contributed by atoms with Crippen LogP contribution in [0.15, 0.2) is 24.3 Å². The Morgan fingerprint density at radius 3 is 2.70 bits per heavy atom. The number of hydrogen-bond acceptors (Lipinski definition) is 2. The van der Waals surface area contributed by atoms with E-state index in [1.165, 1.54) is 38.4 Å². The van der Waals surface area contributed by atoms with Gasteiger partial charge in [-0.2, -0.15) is 0 Å². The first-order valence-electron chi connectivity index (χ1n) is 7.27. The van der Waals surface area contributed by atoms with Gasteiger partial charge in [0.25, 0.3) is 0 Å². The maximum atomic E-state index is 13.4. The molecule has 0 unspecified atom stereocenters. The molecule has 0 aromatic heterocycles. The molecule has 3 nitrogen and oxygen atoms in total. The highest BCUT2D eigenvalue weighted by Crippen LogP contribution is 2.12. The van der Waals surface area contributed by atoms with E-state index in [1.807, 2.05) is 0 Å². The number of nitrogens with one attached hydrogen (secondary N) is 2. The Hall–Kier alpha value is -1.20. The Bertz CT molecular complexity index is 433. The summed E-state index contributed by atoms with van der Waals surface area (Å²) in [6.07, 6.45) is 5.06. The van der Waals surface area contributed by atoms with E-state index in [2.05, 4.69) is 15.5 Å². The Morgan fingerprint density at radius 2 is 1.95 bits per heavy atom. The van der Waals surface area contributed by atoms with Crippen LogP contribution in [-0.4, -0.2) is 36.2 Å². The van der Waals surface area contributed by atoms with E-state index < -0.39 is 0 Å². The van der Waals surface area contributed by atoms with Gasteiger partial charge < -0.3 is 15.5 Å². The van der Waals surface area contributed by atoms with E-state index in [4.69, 9.17) is 12.2 Å². The van der Waals surface area contributed by atoms with Gasteiger partial charge in [-0.25, -0.2) is 4.39 Å². The van der Waals surface area contributed by atoms with Crippen molar-refractivity contribution in [2.45, 2.75) is 25.7 Å². The van der Waals surface area contributed by atoms with Gasteiger partial charge in [-0.05, 0) is 63.2 Å². The van der Waals surface area contributed by atoms with Gasteiger partial charge in [0.2, 0.25) is 0 Å². The second kappa shape index (κ2) is 8.17. The zero-order valence-corrected chi connectivity index (χ0v) is 12.5. The van der Waals surface area contributed by atoms with Crippen LogP contribution in [0.3, 0.4) is 0 Å². The largest absolute Gasteiger partial charge is 0.362 e. The van der Waals surface area contributed by atoms with Crippen molar-refractivity contribution in [2.75, 3.05) is 31.5 Å². The third kappa shape index (κ3) is 5.06. The average Bonchev–Trinajstić information content (AvgIpc) is 2.47. The first-order valence-corrected chi connectivity index (χ1v) is 7.68. The molecule has 2 rings (SSSR count). The van der Waals surface area contributed by atoms with Crippen molar-refractivity contribution in [3.8, 4) is 0 Å². The lowest BCUT2D eigenvalue weighted by molar-refractivity contribution is 0.227. The lowest BCUT2D eigenvalue weighted by Crippen LogP contribution is -2.34. The van der Waals surface area contributed by atoms with Gasteiger partial charge in [-0.15, -0.1) is 0 Å². The Balaban J connectivity index is 1.61. The minimum absolute atomic E-state index is 0.287. The van der Waals surface area contributed by atoms with E-state index in [0.717, 1.165) is 19.5 Å². The van der Waals surface area contributed by atoms with Gasteiger partial charge in [0.05, 0.1) is 5.69 Å². The molecule has 1 aromatic carbocycles. The number of rotatable bonds is 5. The maximum absolute atomic E-state index is 13.4. The second-order valence-corrected chi connectivity index (χ2v) is 5.52. The molecule has 0 aliphatic carbocycles. The van der Waals surface area contributed by atoms with E-state index in [1.54, 1.807) is 18.2 Å². The van der Waals surface area contributed by atoms with Crippen LogP contribution in [-0.2, 0) is 0 Å². The summed E-state index contributed by atoms with van der Waals surface area (Å²) in [5.74, 6) is -0.287. The second-order valence-electron chi connectivity index (χ2n) is 5.12. The summed E-state index contributed by atoms with van der Waals surface area (Å²) in [6.45, 7) is 4.36. The molecule has 20 heavy (non-hydrogen) atoms. The smallest absolute Gasteiger partial charge is 0.170 e. The van der Waals surface area contributed by atoms with Crippen molar-refractivity contribution in [2.24, 2.45) is 0 Å². The molecule has 1 aliphatic heterocycles. The van der Waals surface area contributed by atoms with Crippen LogP contribution < -0.4 is 10.6 Å². The molecule has 1 aliphatic rings. The van der Waals surface area contributed by atoms with Crippen molar-refractivity contribution in [1.29, 1.82) is 0 Å². The molecular formula is C15H22FN3S. The molecule has 0 saturated carbocycles. The average molecular weight is 295 g/mol. The third-order valence-corrected chi connectivity index (χ3v) is 3.75. The van der Waals surface area contributed by atoms with Gasteiger partial charge in [0.15, 0.2) is 5.11 Å². The number of piperidine rings is 1. The summed E-state index contributed by atoms with van der Waals surface area (Å²) < 4.78 is 13.4. The zero-order valence-electron chi connectivity index (χ0n) is 11.7. The third-order valence-electron chi connectivity index (χ3n) is 3.51. The van der Waals surface area contributed by atoms with Gasteiger partial charge >= 0.3 is 0 Å². The summed E-state index contributed by atoms with van der Waals surface area (Å²) in [4.78, 5) is 2.50. The first-order chi connectivity index (χ1) is 9.75. The van der Waals surface area contributed by atoms with Crippen molar-refractivity contribution in [1.82, 2.24) is 10.2 Å². The summed E-state index contributed by atoms with van der Waals surface area (Å²) in [5, 5.41) is 6.49. The molecule has 0 bridgehead atoms. The molecule has 2 N–H and O–H groups in total. The normalized spacial score (nSPS) is 15.8. The maximum Gasteiger partial charge on any atom is 0.170 e. The fourth-order valence-corrected chi connectivity index (χ4v) is 2.63. The van der Waals surface area contributed by atoms with E-state index >= 15 is 0 Å². The number of likely N-dealkylation sites (tertiary alicyclic amines) is 1. The molecule has 1 saturated heterocycles. The highest BCUT2D eigenvalue weighted by molar-refractivity contribution is 7.80. The predicted molar refractivity (Wildman–Crippen MR) is 85.5 cm³/mol. The lowest BCUT2D eigenvalue weighted by Gasteiger charge is -2.26. The number of halogens is 1. The number of nitrogens with zero attached hydrogens (tertiary/aromatic N) is 1. The molecule has 0 atom stereocenters. The minimum atomic E-state index is -0.287. The fourth-order valence-electron chi connectivity index (χ4n) is 2.42. The molecule has 0 spiro atoms. The van der Waals surface area contributed by atoms with Crippen molar-refractivity contribution in [3.05, 3.63) is 30.1 Å². The topological polar surface area (TPSA) is 27.3 Å².